The fourth-order valence-corrected chi connectivity index (χ4v) is 6.13. The second-order valence-corrected chi connectivity index (χ2v) is 14.0. The molecular weight excluding hydrogens is 718 g/mol. The van der Waals surface area contributed by atoms with E-state index in [1.54, 1.807) is 0 Å². The quantitative estimate of drug-likeness (QED) is 0.111. The number of rotatable bonds is 14. The standard InChI is InChI=1S/C39H35BrCl4N2/c40-34-12-1-29(2-13-34)11-22-39(46(27-32-7-18-37(43)19-8-32)28-33-9-20-38(44)21-10-33)23-24-45(25-30-3-14-35(41)15-4-30)26-31-5-16-36(42)17-6-31/h1-22,39H,23-28H2/b22-11+/t39-/m1/s1. The summed E-state index contributed by atoms with van der Waals surface area (Å²) in [6.45, 7) is 4.01. The molecule has 0 spiro atoms. The van der Waals surface area contributed by atoms with Crippen LogP contribution in [0.25, 0.3) is 6.08 Å². The average molecular weight is 753 g/mol. The molecule has 0 aromatic heterocycles. The molecule has 46 heavy (non-hydrogen) atoms. The van der Waals surface area contributed by atoms with Crippen LogP contribution in [0.1, 0.15) is 34.2 Å². The van der Waals surface area contributed by atoms with Gasteiger partial charge in [0.05, 0.1) is 0 Å². The second-order valence-electron chi connectivity index (χ2n) is 11.4. The zero-order valence-corrected chi connectivity index (χ0v) is 29.9. The van der Waals surface area contributed by atoms with Crippen molar-refractivity contribution in [3.8, 4) is 0 Å². The first-order chi connectivity index (χ1) is 22.3. The van der Waals surface area contributed by atoms with Crippen molar-refractivity contribution < 1.29 is 0 Å². The molecule has 236 valence electrons. The zero-order chi connectivity index (χ0) is 32.3. The number of hydrogen-bond donors (Lipinski definition) is 0. The fourth-order valence-electron chi connectivity index (χ4n) is 5.36. The van der Waals surface area contributed by atoms with Crippen molar-refractivity contribution >= 4 is 68.4 Å². The summed E-state index contributed by atoms with van der Waals surface area (Å²) >= 11 is 28.5. The van der Waals surface area contributed by atoms with Crippen LogP contribution in [0.4, 0.5) is 0 Å². The molecule has 5 aromatic carbocycles. The number of hydrogen-bond acceptors (Lipinski definition) is 2. The number of halogens is 5. The SMILES string of the molecule is Clc1ccc(CN(CC[C@@H](/C=C/c2ccc(Br)cc2)N(Cc2ccc(Cl)cc2)Cc2ccc(Cl)cc2)Cc2ccc(Cl)cc2)cc1. The lowest BCUT2D eigenvalue weighted by atomic mass is 10.0. The maximum absolute atomic E-state index is 6.26. The summed E-state index contributed by atoms with van der Waals surface area (Å²) in [5, 5.41) is 2.96. The highest BCUT2D eigenvalue weighted by Gasteiger charge is 2.20. The minimum Gasteiger partial charge on any atom is -0.295 e. The molecule has 0 saturated heterocycles. The van der Waals surface area contributed by atoms with Crippen LogP contribution in [0.3, 0.4) is 0 Å². The van der Waals surface area contributed by atoms with E-state index in [1.807, 2.05) is 48.5 Å². The summed E-state index contributed by atoms with van der Waals surface area (Å²) in [6, 6.07) is 41.1. The van der Waals surface area contributed by atoms with Crippen LogP contribution >= 0.6 is 62.3 Å². The summed E-state index contributed by atoms with van der Waals surface area (Å²) in [7, 11) is 0. The van der Waals surface area contributed by atoms with Crippen molar-refractivity contribution in [2.24, 2.45) is 0 Å². The Morgan fingerprint density at radius 3 is 1.26 bits per heavy atom. The van der Waals surface area contributed by atoms with Crippen LogP contribution in [0.2, 0.25) is 20.1 Å². The van der Waals surface area contributed by atoms with E-state index >= 15 is 0 Å². The van der Waals surface area contributed by atoms with E-state index in [-0.39, 0.29) is 6.04 Å². The summed E-state index contributed by atoms with van der Waals surface area (Å²) in [5.74, 6) is 0. The van der Waals surface area contributed by atoms with Crippen molar-refractivity contribution in [1.82, 2.24) is 9.80 Å². The second kappa shape index (κ2) is 17.5. The number of nitrogens with zero attached hydrogens (tertiary/aromatic N) is 2. The molecule has 5 rings (SSSR count). The van der Waals surface area contributed by atoms with E-state index in [4.69, 9.17) is 46.4 Å². The van der Waals surface area contributed by atoms with Gasteiger partial charge in [-0.25, -0.2) is 0 Å². The molecule has 7 heteroatoms. The van der Waals surface area contributed by atoms with Crippen molar-refractivity contribution in [2.75, 3.05) is 6.54 Å². The van der Waals surface area contributed by atoms with Gasteiger partial charge in [0.1, 0.15) is 0 Å². The Labute approximate surface area is 301 Å². The zero-order valence-electron chi connectivity index (χ0n) is 25.3. The molecule has 0 bridgehead atoms. The van der Waals surface area contributed by atoms with E-state index in [9.17, 15) is 0 Å². The molecule has 0 amide bonds. The highest BCUT2D eigenvalue weighted by atomic mass is 79.9. The first-order valence-corrected chi connectivity index (χ1v) is 17.5. The minimum atomic E-state index is 0.132. The number of benzene rings is 5. The van der Waals surface area contributed by atoms with Gasteiger partial charge in [-0.05, 0) is 94.9 Å². The van der Waals surface area contributed by atoms with Crippen LogP contribution in [0.15, 0.2) is 132 Å². The molecule has 0 saturated carbocycles. The molecule has 0 unspecified atom stereocenters. The molecule has 0 aliphatic carbocycles. The predicted molar refractivity (Wildman–Crippen MR) is 201 cm³/mol. The van der Waals surface area contributed by atoms with Gasteiger partial charge in [-0.2, -0.15) is 0 Å². The smallest absolute Gasteiger partial charge is 0.0406 e. The molecule has 5 aromatic rings. The molecule has 0 N–H and O–H groups in total. The van der Waals surface area contributed by atoms with Crippen molar-refractivity contribution in [3.63, 3.8) is 0 Å². The third-order valence-electron chi connectivity index (χ3n) is 7.83. The van der Waals surface area contributed by atoms with E-state index in [0.29, 0.717) is 0 Å². The largest absolute Gasteiger partial charge is 0.295 e. The van der Waals surface area contributed by atoms with Gasteiger partial charge in [-0.1, -0.05) is 135 Å². The fraction of sp³-hybridized carbons (Fsp3) is 0.179. The van der Waals surface area contributed by atoms with Gasteiger partial charge >= 0.3 is 0 Å². The Kier molecular flexibility index (Phi) is 13.2. The van der Waals surface area contributed by atoms with Crippen LogP contribution < -0.4 is 0 Å². The normalized spacial score (nSPS) is 12.3. The minimum absolute atomic E-state index is 0.132. The molecule has 2 nitrogen and oxygen atoms in total. The monoisotopic (exact) mass is 750 g/mol. The molecule has 0 radical (unpaired) electrons. The van der Waals surface area contributed by atoms with E-state index in [2.05, 4.69) is 111 Å². The first-order valence-electron chi connectivity index (χ1n) is 15.2. The van der Waals surface area contributed by atoms with Crippen molar-refractivity contribution in [2.45, 2.75) is 38.6 Å². The van der Waals surface area contributed by atoms with Gasteiger partial charge in [0.2, 0.25) is 0 Å². The summed E-state index contributed by atoms with van der Waals surface area (Å²) in [5.41, 5.74) is 6.02. The Morgan fingerprint density at radius 1 is 0.500 bits per heavy atom. The Hall–Kier alpha value is -2.60. The lowest BCUT2D eigenvalue weighted by molar-refractivity contribution is 0.171. The Morgan fingerprint density at radius 2 is 0.870 bits per heavy atom. The topological polar surface area (TPSA) is 6.48 Å². The predicted octanol–water partition coefficient (Wildman–Crippen LogP) is 12.2. The molecule has 1 atom stereocenters. The average Bonchev–Trinajstić information content (AvgIpc) is 3.05. The van der Waals surface area contributed by atoms with E-state index < -0.39 is 0 Å². The summed E-state index contributed by atoms with van der Waals surface area (Å²) in [4.78, 5) is 5.03. The molecule has 0 aliphatic rings. The summed E-state index contributed by atoms with van der Waals surface area (Å²) < 4.78 is 1.06. The van der Waals surface area contributed by atoms with E-state index in [1.165, 1.54) is 22.3 Å². The van der Waals surface area contributed by atoms with Crippen LogP contribution in [-0.4, -0.2) is 22.4 Å². The van der Waals surface area contributed by atoms with Crippen LogP contribution in [0.5, 0.6) is 0 Å². The highest BCUT2D eigenvalue weighted by Crippen LogP contribution is 2.23. The van der Waals surface area contributed by atoms with Gasteiger partial charge < -0.3 is 0 Å². The van der Waals surface area contributed by atoms with Gasteiger partial charge in [-0.15, -0.1) is 0 Å². The van der Waals surface area contributed by atoms with Crippen LogP contribution in [0, 0.1) is 0 Å². The first kappa shape index (κ1) is 34.7. The van der Waals surface area contributed by atoms with Crippen molar-refractivity contribution in [3.05, 3.63) is 180 Å². The van der Waals surface area contributed by atoms with Gasteiger partial charge in [0, 0.05) is 63.3 Å². The lowest BCUT2D eigenvalue weighted by Gasteiger charge is -2.32. The van der Waals surface area contributed by atoms with E-state index in [0.717, 1.165) is 69.3 Å². The molecule has 0 fully saturated rings. The molecular formula is C39H35BrCl4N2. The van der Waals surface area contributed by atoms with Crippen LogP contribution in [-0.2, 0) is 26.2 Å². The Bertz CT molecular complexity index is 1580. The van der Waals surface area contributed by atoms with Gasteiger partial charge in [0.25, 0.3) is 0 Å². The lowest BCUT2D eigenvalue weighted by Crippen LogP contribution is -2.36. The maximum atomic E-state index is 6.26. The third kappa shape index (κ3) is 11.3. The molecule has 0 aliphatic heterocycles. The third-order valence-corrected chi connectivity index (χ3v) is 9.36. The maximum Gasteiger partial charge on any atom is 0.0406 e. The van der Waals surface area contributed by atoms with Gasteiger partial charge in [0.15, 0.2) is 0 Å². The Balaban J connectivity index is 1.45. The molecule has 0 heterocycles. The highest BCUT2D eigenvalue weighted by molar-refractivity contribution is 9.10. The van der Waals surface area contributed by atoms with Crippen molar-refractivity contribution in [1.29, 1.82) is 0 Å². The van der Waals surface area contributed by atoms with Gasteiger partial charge in [-0.3, -0.25) is 9.80 Å². The summed E-state index contributed by atoms with van der Waals surface area (Å²) in [6.07, 6.45) is 5.49.